The minimum Gasteiger partial charge on any atom is -0.416 e. The molecule has 0 saturated carbocycles. The van der Waals surface area contributed by atoms with Gasteiger partial charge in [-0.05, 0) is 18.6 Å². The summed E-state index contributed by atoms with van der Waals surface area (Å²) in [5, 5.41) is 13.0. The molecule has 3 rings (SSSR count). The Morgan fingerprint density at radius 1 is 1.27 bits per heavy atom. The van der Waals surface area contributed by atoms with E-state index < -0.39 is 5.91 Å². The number of hydrogen-bond acceptors (Lipinski definition) is 7. The molecular formula is C17H20N6O2S. The molecule has 0 aliphatic heterocycles. The molecule has 2 aromatic heterocycles. The topological polar surface area (TPSA) is 113 Å². The zero-order valence-electron chi connectivity index (χ0n) is 14.7. The first kappa shape index (κ1) is 18.1. The lowest BCUT2D eigenvalue weighted by Gasteiger charge is -2.03. The average Bonchev–Trinajstić information content (AvgIpc) is 3.24. The molecule has 1 aromatic carbocycles. The van der Waals surface area contributed by atoms with Crippen LogP contribution in [-0.2, 0) is 12.3 Å². The third kappa shape index (κ3) is 4.29. The summed E-state index contributed by atoms with van der Waals surface area (Å²) in [7, 11) is 0. The molecule has 0 atom stereocenters. The van der Waals surface area contributed by atoms with Gasteiger partial charge in [-0.15, -0.1) is 10.2 Å². The van der Waals surface area contributed by atoms with Crippen LogP contribution in [0.1, 0.15) is 41.8 Å². The number of unbranched alkanes of at least 4 members (excludes halogenated alkanes) is 1. The van der Waals surface area contributed by atoms with Crippen molar-refractivity contribution in [1.82, 2.24) is 25.0 Å². The minimum atomic E-state index is -0.454. The van der Waals surface area contributed by atoms with Crippen LogP contribution in [0, 0.1) is 6.92 Å². The molecule has 3 aromatic rings. The molecule has 0 spiro atoms. The number of aromatic nitrogens is 5. The monoisotopic (exact) mass is 372 g/mol. The predicted molar refractivity (Wildman–Crippen MR) is 97.5 cm³/mol. The standard InChI is InChI=1S/C17H20N6O2S/c1-3-4-9-23-14(10-26-17-21-20-11(2)25-17)19-16(22-23)13-7-5-12(6-8-13)15(18)24/h5-8H,3-4,9-10H2,1-2H3,(H2,18,24). The van der Waals surface area contributed by atoms with Crippen LogP contribution in [0.15, 0.2) is 33.9 Å². The van der Waals surface area contributed by atoms with Crippen LogP contribution >= 0.6 is 11.8 Å². The third-order valence-electron chi connectivity index (χ3n) is 3.73. The number of primary amides is 1. The van der Waals surface area contributed by atoms with Crippen LogP contribution in [0.2, 0.25) is 0 Å². The molecular weight excluding hydrogens is 352 g/mol. The number of hydrogen-bond donors (Lipinski definition) is 1. The molecule has 26 heavy (non-hydrogen) atoms. The molecule has 0 aliphatic rings. The Morgan fingerprint density at radius 2 is 2.04 bits per heavy atom. The first-order valence-electron chi connectivity index (χ1n) is 8.33. The number of nitrogens with zero attached hydrogens (tertiary/aromatic N) is 5. The summed E-state index contributed by atoms with van der Waals surface area (Å²) in [6.45, 7) is 4.69. The van der Waals surface area contributed by atoms with Crippen molar-refractivity contribution in [3.8, 4) is 11.4 Å². The number of thioether (sulfide) groups is 1. The molecule has 0 saturated heterocycles. The van der Waals surface area contributed by atoms with Crippen molar-refractivity contribution in [3.05, 3.63) is 41.5 Å². The molecule has 0 fully saturated rings. The first-order valence-corrected chi connectivity index (χ1v) is 9.32. The van der Waals surface area contributed by atoms with E-state index in [1.807, 2.05) is 4.68 Å². The summed E-state index contributed by atoms with van der Waals surface area (Å²) in [5.41, 5.74) is 6.58. The van der Waals surface area contributed by atoms with E-state index in [-0.39, 0.29) is 0 Å². The molecule has 0 bridgehead atoms. The lowest BCUT2D eigenvalue weighted by Crippen LogP contribution is -2.10. The largest absolute Gasteiger partial charge is 0.416 e. The van der Waals surface area contributed by atoms with E-state index in [0.29, 0.717) is 28.3 Å². The second-order valence-corrected chi connectivity index (χ2v) is 6.67. The van der Waals surface area contributed by atoms with Gasteiger partial charge in [0.1, 0.15) is 5.82 Å². The van der Waals surface area contributed by atoms with Crippen LogP contribution in [0.25, 0.3) is 11.4 Å². The lowest BCUT2D eigenvalue weighted by molar-refractivity contribution is 0.100. The molecule has 136 valence electrons. The van der Waals surface area contributed by atoms with Crippen LogP contribution < -0.4 is 5.73 Å². The molecule has 0 aliphatic carbocycles. The summed E-state index contributed by atoms with van der Waals surface area (Å²) in [6, 6.07) is 6.97. The quantitative estimate of drug-likeness (QED) is 0.605. The number of nitrogens with two attached hydrogens (primary N) is 1. The van der Waals surface area contributed by atoms with Crippen LogP contribution in [0.4, 0.5) is 0 Å². The second kappa shape index (κ2) is 8.13. The Hall–Kier alpha value is -2.68. The SMILES string of the molecule is CCCCn1nc(-c2ccc(C(N)=O)cc2)nc1CSc1nnc(C)o1. The zero-order valence-corrected chi connectivity index (χ0v) is 15.5. The Balaban J connectivity index is 1.81. The Labute approximate surface area is 155 Å². The highest BCUT2D eigenvalue weighted by atomic mass is 32.2. The van der Waals surface area contributed by atoms with Gasteiger partial charge in [-0.2, -0.15) is 5.10 Å². The summed E-state index contributed by atoms with van der Waals surface area (Å²) in [6.07, 6.45) is 2.08. The maximum atomic E-state index is 11.2. The molecule has 8 nitrogen and oxygen atoms in total. The van der Waals surface area contributed by atoms with Crippen LogP contribution in [0.5, 0.6) is 0 Å². The van der Waals surface area contributed by atoms with Crippen LogP contribution in [0.3, 0.4) is 0 Å². The van der Waals surface area contributed by atoms with Crippen LogP contribution in [-0.4, -0.2) is 30.9 Å². The number of benzene rings is 1. The molecule has 2 N–H and O–H groups in total. The zero-order chi connectivity index (χ0) is 18.5. The van der Waals surface area contributed by atoms with Crippen molar-refractivity contribution in [1.29, 1.82) is 0 Å². The van der Waals surface area contributed by atoms with E-state index in [0.717, 1.165) is 30.8 Å². The first-order chi connectivity index (χ1) is 12.6. The number of aryl methyl sites for hydroxylation is 2. The number of carbonyl (C=O) groups excluding carboxylic acids is 1. The van der Waals surface area contributed by atoms with Gasteiger partial charge in [0.25, 0.3) is 5.22 Å². The van der Waals surface area contributed by atoms with Crippen molar-refractivity contribution in [2.75, 3.05) is 0 Å². The van der Waals surface area contributed by atoms with E-state index in [2.05, 4.69) is 27.2 Å². The van der Waals surface area contributed by atoms with Gasteiger partial charge in [-0.1, -0.05) is 37.2 Å². The molecule has 0 unspecified atom stereocenters. The lowest BCUT2D eigenvalue weighted by atomic mass is 10.1. The van der Waals surface area contributed by atoms with Crippen molar-refractivity contribution >= 4 is 17.7 Å². The van der Waals surface area contributed by atoms with Gasteiger partial charge < -0.3 is 10.2 Å². The Kier molecular flexibility index (Phi) is 5.67. The minimum absolute atomic E-state index is 0.454. The second-order valence-electron chi connectivity index (χ2n) is 5.75. The van der Waals surface area contributed by atoms with Gasteiger partial charge in [0.15, 0.2) is 5.82 Å². The van der Waals surface area contributed by atoms with Gasteiger partial charge in [-0.3, -0.25) is 4.79 Å². The fourth-order valence-electron chi connectivity index (χ4n) is 2.34. The Bertz CT molecular complexity index is 887. The van der Waals surface area contributed by atoms with Crippen molar-refractivity contribution in [2.24, 2.45) is 5.73 Å². The fourth-order valence-corrected chi connectivity index (χ4v) is 3.08. The normalized spacial score (nSPS) is 11.0. The van der Waals surface area contributed by atoms with Gasteiger partial charge in [0.2, 0.25) is 11.8 Å². The summed E-state index contributed by atoms with van der Waals surface area (Å²) in [5.74, 6) is 2.13. The third-order valence-corrected chi connectivity index (χ3v) is 4.55. The smallest absolute Gasteiger partial charge is 0.277 e. The van der Waals surface area contributed by atoms with Crippen molar-refractivity contribution in [2.45, 2.75) is 44.2 Å². The van der Waals surface area contributed by atoms with Gasteiger partial charge in [-0.25, -0.2) is 9.67 Å². The highest BCUT2D eigenvalue weighted by Crippen LogP contribution is 2.23. The predicted octanol–water partition coefficient (Wildman–Crippen LogP) is 2.83. The van der Waals surface area contributed by atoms with E-state index >= 15 is 0 Å². The fraction of sp³-hybridized carbons (Fsp3) is 0.353. The molecule has 2 heterocycles. The van der Waals surface area contributed by atoms with E-state index in [9.17, 15) is 4.79 Å². The Morgan fingerprint density at radius 3 is 2.65 bits per heavy atom. The summed E-state index contributed by atoms with van der Waals surface area (Å²) >= 11 is 1.43. The van der Waals surface area contributed by atoms with Gasteiger partial charge in [0.05, 0.1) is 5.75 Å². The molecule has 1 amide bonds. The van der Waals surface area contributed by atoms with Gasteiger partial charge >= 0.3 is 0 Å². The number of amides is 1. The highest BCUT2D eigenvalue weighted by Gasteiger charge is 2.14. The highest BCUT2D eigenvalue weighted by molar-refractivity contribution is 7.98. The van der Waals surface area contributed by atoms with E-state index in [4.69, 9.17) is 10.2 Å². The number of rotatable bonds is 8. The van der Waals surface area contributed by atoms with Crippen molar-refractivity contribution in [3.63, 3.8) is 0 Å². The summed E-state index contributed by atoms with van der Waals surface area (Å²) in [4.78, 5) is 15.9. The maximum Gasteiger partial charge on any atom is 0.277 e. The molecule has 9 heteroatoms. The van der Waals surface area contributed by atoms with E-state index in [1.165, 1.54) is 11.8 Å². The van der Waals surface area contributed by atoms with E-state index in [1.54, 1.807) is 31.2 Å². The average molecular weight is 372 g/mol. The maximum absolute atomic E-state index is 11.2. The molecule has 0 radical (unpaired) electrons. The van der Waals surface area contributed by atoms with Gasteiger partial charge in [0, 0.05) is 24.6 Å². The number of carbonyl (C=O) groups is 1. The summed E-state index contributed by atoms with van der Waals surface area (Å²) < 4.78 is 7.31. The van der Waals surface area contributed by atoms with Crippen molar-refractivity contribution < 1.29 is 9.21 Å².